The van der Waals surface area contributed by atoms with E-state index in [2.05, 4.69) is 15.1 Å². The summed E-state index contributed by atoms with van der Waals surface area (Å²) in [6.07, 6.45) is -1.84. The summed E-state index contributed by atoms with van der Waals surface area (Å²) < 4.78 is 8.38. The van der Waals surface area contributed by atoms with Crippen molar-refractivity contribution in [2.75, 3.05) is 6.54 Å². The zero-order valence-corrected chi connectivity index (χ0v) is 15.9. The molecule has 10 nitrogen and oxygen atoms in total. The molecule has 28 heavy (non-hydrogen) atoms. The lowest BCUT2D eigenvalue weighted by Gasteiger charge is -2.16. The number of ether oxygens (including phenoxy) is 1. The van der Waals surface area contributed by atoms with Crippen LogP contribution in [0, 0.1) is 6.92 Å². The van der Waals surface area contributed by atoms with Gasteiger partial charge in [-0.15, -0.1) is 11.3 Å². The number of carbonyl (C=O) groups is 2. The third-order valence-electron chi connectivity index (χ3n) is 4.58. The number of aliphatic carboxylic acids is 1. The van der Waals surface area contributed by atoms with Gasteiger partial charge in [0.05, 0.1) is 17.8 Å². The second-order valence-corrected chi connectivity index (χ2v) is 7.46. The number of nitrogens with zero attached hydrogens (tertiary/aromatic N) is 5. The molecule has 4 heterocycles. The van der Waals surface area contributed by atoms with Crippen LogP contribution in [0.3, 0.4) is 0 Å². The quantitative estimate of drug-likeness (QED) is 0.676. The first kappa shape index (κ1) is 18.2. The molecule has 11 heteroatoms. The van der Waals surface area contributed by atoms with Crippen LogP contribution in [0.15, 0.2) is 17.5 Å². The molecular formula is C17H17N5O5S. The van der Waals surface area contributed by atoms with E-state index < -0.39 is 24.2 Å². The van der Waals surface area contributed by atoms with Gasteiger partial charge >= 0.3 is 12.1 Å². The Morgan fingerprint density at radius 3 is 2.71 bits per heavy atom. The van der Waals surface area contributed by atoms with Gasteiger partial charge in [0.1, 0.15) is 22.5 Å². The third kappa shape index (κ3) is 3.13. The minimum absolute atomic E-state index is 0.0384. The maximum absolute atomic E-state index is 11.4. The van der Waals surface area contributed by atoms with E-state index in [1.54, 1.807) is 11.7 Å². The van der Waals surface area contributed by atoms with Crippen molar-refractivity contribution in [3.8, 4) is 17.4 Å². The highest BCUT2D eigenvalue weighted by atomic mass is 32.1. The van der Waals surface area contributed by atoms with Crippen molar-refractivity contribution in [3.05, 3.63) is 23.2 Å². The van der Waals surface area contributed by atoms with Gasteiger partial charge < -0.3 is 14.9 Å². The minimum Gasteiger partial charge on any atom is -0.480 e. The normalized spacial score (nSPS) is 19.3. The van der Waals surface area contributed by atoms with E-state index in [4.69, 9.17) is 4.74 Å². The van der Waals surface area contributed by atoms with Crippen molar-refractivity contribution < 1.29 is 24.5 Å². The fraction of sp³-hybridized carbons (Fsp3) is 0.353. The summed E-state index contributed by atoms with van der Waals surface area (Å²) in [5.74, 6) is -0.439. The van der Waals surface area contributed by atoms with Crippen molar-refractivity contribution in [1.29, 1.82) is 0 Å². The maximum Gasteiger partial charge on any atom is 0.408 e. The molecule has 4 rings (SSSR count). The second kappa shape index (κ2) is 6.75. The van der Waals surface area contributed by atoms with E-state index >= 15 is 0 Å². The summed E-state index contributed by atoms with van der Waals surface area (Å²) >= 11 is 1.41. The van der Waals surface area contributed by atoms with Crippen LogP contribution in [0.5, 0.6) is 5.88 Å². The Kier molecular flexibility index (Phi) is 4.38. The number of fused-ring (bicyclic) bond motifs is 1. The number of hydrogen-bond donors (Lipinski definition) is 2. The van der Waals surface area contributed by atoms with Crippen molar-refractivity contribution >= 4 is 33.6 Å². The van der Waals surface area contributed by atoms with Crippen LogP contribution >= 0.6 is 11.3 Å². The van der Waals surface area contributed by atoms with Gasteiger partial charge in [0, 0.05) is 13.5 Å². The molecule has 0 saturated carbocycles. The molecule has 0 unspecified atom stereocenters. The highest BCUT2D eigenvalue weighted by Crippen LogP contribution is 2.33. The van der Waals surface area contributed by atoms with Crippen LogP contribution in [0.4, 0.5) is 4.79 Å². The van der Waals surface area contributed by atoms with Crippen molar-refractivity contribution in [3.63, 3.8) is 0 Å². The molecule has 0 radical (unpaired) electrons. The summed E-state index contributed by atoms with van der Waals surface area (Å²) in [5, 5.41) is 24.7. The van der Waals surface area contributed by atoms with Crippen molar-refractivity contribution in [2.45, 2.75) is 25.5 Å². The third-order valence-corrected chi connectivity index (χ3v) is 5.47. The average molecular weight is 403 g/mol. The van der Waals surface area contributed by atoms with Crippen LogP contribution < -0.4 is 4.74 Å². The number of likely N-dealkylation sites (tertiary alicyclic amines) is 1. The number of hydrogen-bond acceptors (Lipinski definition) is 7. The number of aromatic nitrogens is 4. The molecule has 1 fully saturated rings. The molecule has 3 aromatic heterocycles. The fourth-order valence-corrected chi connectivity index (χ4v) is 4.10. The molecule has 2 atom stereocenters. The van der Waals surface area contributed by atoms with Gasteiger partial charge in [-0.3, -0.25) is 9.58 Å². The predicted octanol–water partition coefficient (Wildman–Crippen LogP) is 1.98. The van der Waals surface area contributed by atoms with E-state index in [0.29, 0.717) is 17.2 Å². The Morgan fingerprint density at radius 2 is 2.11 bits per heavy atom. The lowest BCUT2D eigenvalue weighted by atomic mass is 10.2. The Hall–Kier alpha value is -3.21. The first-order chi connectivity index (χ1) is 13.3. The molecular weight excluding hydrogens is 386 g/mol. The molecule has 0 spiro atoms. The molecule has 0 aromatic carbocycles. The molecule has 3 aromatic rings. The molecule has 1 saturated heterocycles. The van der Waals surface area contributed by atoms with Gasteiger partial charge in [0.2, 0.25) is 5.88 Å². The number of carboxylic acids is 1. The molecule has 1 aliphatic heterocycles. The molecule has 0 bridgehead atoms. The Labute approximate surface area is 163 Å². The van der Waals surface area contributed by atoms with Crippen LogP contribution in [0.1, 0.15) is 12.1 Å². The van der Waals surface area contributed by atoms with Crippen molar-refractivity contribution in [2.24, 2.45) is 7.05 Å². The Morgan fingerprint density at radius 1 is 1.32 bits per heavy atom. The second-order valence-electron chi connectivity index (χ2n) is 6.55. The molecule has 1 amide bonds. The zero-order chi connectivity index (χ0) is 20.0. The van der Waals surface area contributed by atoms with Gasteiger partial charge in [-0.25, -0.2) is 14.6 Å². The van der Waals surface area contributed by atoms with E-state index in [9.17, 15) is 19.8 Å². The van der Waals surface area contributed by atoms with Crippen LogP contribution in [-0.4, -0.2) is 65.6 Å². The summed E-state index contributed by atoms with van der Waals surface area (Å²) in [6.45, 7) is 1.83. The zero-order valence-electron chi connectivity index (χ0n) is 15.1. The lowest BCUT2D eigenvalue weighted by Crippen LogP contribution is -2.39. The summed E-state index contributed by atoms with van der Waals surface area (Å²) in [4.78, 5) is 32.7. The van der Waals surface area contributed by atoms with Gasteiger partial charge in [-0.1, -0.05) is 0 Å². The molecule has 2 N–H and O–H groups in total. The van der Waals surface area contributed by atoms with Gasteiger partial charge in [0.25, 0.3) is 0 Å². The number of aryl methyl sites for hydroxylation is 2. The first-order valence-electron chi connectivity index (χ1n) is 8.48. The standard InChI is InChI=1S/C17H17N5O5S/c1-8-5-11(21(2)20-8)14-18-10-3-4-28-13(10)15(19-14)27-9-6-12(16(23)24)22(7-9)17(25)26/h3-5,9,12H,6-7H2,1-2H3,(H,23,24)(H,25,26)/t9-,12+/m1/s1. The summed E-state index contributed by atoms with van der Waals surface area (Å²) in [7, 11) is 1.79. The van der Waals surface area contributed by atoms with E-state index in [1.807, 2.05) is 24.4 Å². The van der Waals surface area contributed by atoms with Gasteiger partial charge in [-0.2, -0.15) is 10.1 Å². The molecule has 0 aliphatic carbocycles. The topological polar surface area (TPSA) is 131 Å². The fourth-order valence-electron chi connectivity index (χ4n) is 3.34. The van der Waals surface area contributed by atoms with E-state index in [1.165, 1.54) is 11.3 Å². The van der Waals surface area contributed by atoms with Gasteiger partial charge in [0.15, 0.2) is 5.82 Å². The number of amides is 1. The lowest BCUT2D eigenvalue weighted by molar-refractivity contribution is -0.141. The average Bonchev–Trinajstić information content (AvgIpc) is 3.32. The largest absolute Gasteiger partial charge is 0.480 e. The smallest absolute Gasteiger partial charge is 0.408 e. The highest BCUT2D eigenvalue weighted by molar-refractivity contribution is 7.17. The predicted molar refractivity (Wildman–Crippen MR) is 99.5 cm³/mol. The van der Waals surface area contributed by atoms with Crippen LogP contribution in [-0.2, 0) is 11.8 Å². The van der Waals surface area contributed by atoms with E-state index in [0.717, 1.165) is 21.0 Å². The SMILES string of the molecule is Cc1cc(-c2nc(O[C@@H]3C[C@@H](C(=O)O)N(C(=O)O)C3)c3sccc3n2)n(C)n1. The Balaban J connectivity index is 1.69. The summed E-state index contributed by atoms with van der Waals surface area (Å²) in [5.41, 5.74) is 2.25. The number of rotatable bonds is 4. The monoisotopic (exact) mass is 403 g/mol. The minimum atomic E-state index is -1.28. The van der Waals surface area contributed by atoms with Crippen LogP contribution in [0.25, 0.3) is 21.7 Å². The molecule has 146 valence electrons. The van der Waals surface area contributed by atoms with Crippen molar-refractivity contribution in [1.82, 2.24) is 24.6 Å². The first-order valence-corrected chi connectivity index (χ1v) is 9.36. The number of thiophene rings is 1. The van der Waals surface area contributed by atoms with E-state index in [-0.39, 0.29) is 13.0 Å². The number of carboxylic acid groups (broad SMARTS) is 2. The Bertz CT molecular complexity index is 1060. The van der Waals surface area contributed by atoms with Crippen LogP contribution in [0.2, 0.25) is 0 Å². The molecule has 1 aliphatic rings. The van der Waals surface area contributed by atoms with Gasteiger partial charge in [-0.05, 0) is 24.4 Å². The maximum atomic E-state index is 11.4. The summed E-state index contributed by atoms with van der Waals surface area (Å²) in [6, 6.07) is 2.57. The highest BCUT2D eigenvalue weighted by Gasteiger charge is 2.41.